The van der Waals surface area contributed by atoms with Crippen molar-refractivity contribution in [3.63, 3.8) is 0 Å². The summed E-state index contributed by atoms with van der Waals surface area (Å²) >= 11 is 7.60. The van der Waals surface area contributed by atoms with Crippen molar-refractivity contribution in [2.24, 2.45) is 0 Å². The van der Waals surface area contributed by atoms with Crippen LogP contribution in [0.25, 0.3) is 21.5 Å². The van der Waals surface area contributed by atoms with Gasteiger partial charge in [-0.2, -0.15) is 0 Å². The first-order valence-corrected chi connectivity index (χ1v) is 9.71. The van der Waals surface area contributed by atoms with Gasteiger partial charge in [0.15, 0.2) is 5.69 Å². The van der Waals surface area contributed by atoms with Crippen molar-refractivity contribution < 1.29 is 14.3 Å². The molecule has 0 radical (unpaired) electrons. The Kier molecular flexibility index (Phi) is 5.23. The second-order valence-corrected chi connectivity index (χ2v) is 7.19. The van der Waals surface area contributed by atoms with Crippen LogP contribution in [-0.2, 0) is 11.3 Å². The summed E-state index contributed by atoms with van der Waals surface area (Å²) in [5, 5.41) is 3.68. The van der Waals surface area contributed by atoms with Crippen molar-refractivity contribution in [3.8, 4) is 16.3 Å². The Labute approximate surface area is 170 Å². The van der Waals surface area contributed by atoms with Crippen LogP contribution in [0, 0.1) is 0 Å². The molecule has 0 aliphatic rings. The fourth-order valence-electron chi connectivity index (χ4n) is 2.69. The number of hydrogen-bond donors (Lipinski definition) is 0. The van der Waals surface area contributed by atoms with Crippen molar-refractivity contribution in [2.75, 3.05) is 7.11 Å². The van der Waals surface area contributed by atoms with Crippen LogP contribution in [0.3, 0.4) is 0 Å². The number of aromatic nitrogens is 2. The van der Waals surface area contributed by atoms with Gasteiger partial charge in [0.2, 0.25) is 0 Å². The predicted molar refractivity (Wildman–Crippen MR) is 110 cm³/mol. The highest BCUT2D eigenvalue weighted by Gasteiger charge is 2.15. The molecule has 0 aliphatic carbocycles. The van der Waals surface area contributed by atoms with E-state index in [1.165, 1.54) is 11.3 Å². The molecule has 0 aliphatic heterocycles. The molecule has 4 aromatic rings. The highest BCUT2D eigenvalue weighted by molar-refractivity contribution is 7.13. The summed E-state index contributed by atoms with van der Waals surface area (Å²) in [6.45, 7) is 0.0326. The minimum Gasteiger partial charge on any atom is -0.497 e. The molecule has 0 N–H and O–H groups in total. The first-order chi connectivity index (χ1) is 13.6. The van der Waals surface area contributed by atoms with Gasteiger partial charge in [-0.25, -0.2) is 14.8 Å². The van der Waals surface area contributed by atoms with E-state index in [0.717, 1.165) is 27.2 Å². The van der Waals surface area contributed by atoms with Gasteiger partial charge in [-0.3, -0.25) is 0 Å². The molecule has 0 bridgehead atoms. The molecule has 28 heavy (non-hydrogen) atoms. The molecule has 0 unspecified atom stereocenters. The number of nitrogens with zero attached hydrogens (tertiary/aromatic N) is 2. The zero-order valence-corrected chi connectivity index (χ0v) is 16.5. The van der Waals surface area contributed by atoms with Gasteiger partial charge in [-0.1, -0.05) is 29.8 Å². The normalized spacial score (nSPS) is 10.8. The summed E-state index contributed by atoms with van der Waals surface area (Å²) in [7, 11) is 1.61. The van der Waals surface area contributed by atoms with E-state index in [-0.39, 0.29) is 12.3 Å². The SMILES string of the molecule is COc1ccc(-c2nc(C(=O)OCc3cc4ccccc4nc3Cl)cs2)cc1. The number of methoxy groups -OCH3 is 1. The van der Waals surface area contributed by atoms with Gasteiger partial charge in [0, 0.05) is 21.9 Å². The number of carbonyl (C=O) groups excluding carboxylic acids is 1. The average Bonchev–Trinajstić information content (AvgIpc) is 3.22. The summed E-state index contributed by atoms with van der Waals surface area (Å²) in [6.07, 6.45) is 0. The summed E-state index contributed by atoms with van der Waals surface area (Å²) in [6, 6.07) is 17.0. The molecule has 0 saturated carbocycles. The van der Waals surface area contributed by atoms with E-state index in [4.69, 9.17) is 21.1 Å². The number of fused-ring (bicyclic) bond motifs is 1. The fraction of sp³-hybridized carbons (Fsp3) is 0.0952. The van der Waals surface area contributed by atoms with Crippen molar-refractivity contribution in [2.45, 2.75) is 6.61 Å². The van der Waals surface area contributed by atoms with E-state index in [0.29, 0.717) is 10.7 Å². The number of para-hydroxylation sites is 1. The number of esters is 1. The maximum absolute atomic E-state index is 12.4. The molecule has 7 heteroatoms. The molecule has 0 spiro atoms. The van der Waals surface area contributed by atoms with Gasteiger partial charge in [0.1, 0.15) is 22.5 Å². The highest BCUT2D eigenvalue weighted by atomic mass is 35.5. The zero-order chi connectivity index (χ0) is 19.5. The van der Waals surface area contributed by atoms with Crippen LogP contribution in [0.5, 0.6) is 5.75 Å². The lowest BCUT2D eigenvalue weighted by Gasteiger charge is -2.07. The Balaban J connectivity index is 1.47. The maximum Gasteiger partial charge on any atom is 0.358 e. The number of rotatable bonds is 5. The summed E-state index contributed by atoms with van der Waals surface area (Å²) in [4.78, 5) is 21.1. The lowest BCUT2D eigenvalue weighted by molar-refractivity contribution is 0.0467. The maximum atomic E-state index is 12.4. The van der Waals surface area contributed by atoms with Crippen molar-refractivity contribution >= 4 is 39.8 Å². The second-order valence-electron chi connectivity index (χ2n) is 5.97. The first-order valence-electron chi connectivity index (χ1n) is 8.45. The molecule has 140 valence electrons. The van der Waals surface area contributed by atoms with E-state index < -0.39 is 5.97 Å². The Morgan fingerprint density at radius 1 is 1.11 bits per heavy atom. The number of benzene rings is 2. The molecular weight excluding hydrogens is 396 g/mol. The number of carbonyl (C=O) groups is 1. The molecule has 4 rings (SSSR count). The molecule has 2 aromatic heterocycles. The third kappa shape index (κ3) is 3.83. The minimum atomic E-state index is -0.500. The number of halogens is 1. The first kappa shape index (κ1) is 18.4. The number of thiazole rings is 1. The largest absolute Gasteiger partial charge is 0.497 e. The smallest absolute Gasteiger partial charge is 0.358 e. The van der Waals surface area contributed by atoms with E-state index in [2.05, 4.69) is 9.97 Å². The van der Waals surface area contributed by atoms with Crippen molar-refractivity contribution in [1.82, 2.24) is 9.97 Å². The fourth-order valence-corrected chi connectivity index (χ4v) is 3.68. The highest BCUT2D eigenvalue weighted by Crippen LogP contribution is 2.26. The number of ether oxygens (including phenoxy) is 2. The van der Waals surface area contributed by atoms with Crippen LogP contribution in [-0.4, -0.2) is 23.0 Å². The van der Waals surface area contributed by atoms with E-state index in [1.807, 2.05) is 54.6 Å². The Bertz CT molecular complexity index is 1140. The van der Waals surface area contributed by atoms with Gasteiger partial charge < -0.3 is 9.47 Å². The lowest BCUT2D eigenvalue weighted by Crippen LogP contribution is -2.06. The standard InChI is InChI=1S/C21H15ClN2O3S/c1-26-16-8-6-13(7-9-16)20-24-18(12-28-20)21(25)27-11-15-10-14-4-2-3-5-17(14)23-19(15)22/h2-10,12H,11H2,1H3. The van der Waals surface area contributed by atoms with Crippen LogP contribution < -0.4 is 4.74 Å². The quantitative estimate of drug-likeness (QED) is 0.326. The van der Waals surface area contributed by atoms with Crippen molar-refractivity contribution in [3.05, 3.63) is 76.4 Å². The van der Waals surface area contributed by atoms with Crippen molar-refractivity contribution in [1.29, 1.82) is 0 Å². The summed E-state index contributed by atoms with van der Waals surface area (Å²) in [5.41, 5.74) is 2.62. The molecule has 0 atom stereocenters. The van der Waals surface area contributed by atoms with Gasteiger partial charge >= 0.3 is 5.97 Å². The molecule has 0 fully saturated rings. The number of hydrogen-bond acceptors (Lipinski definition) is 6. The van der Waals surface area contributed by atoms with E-state index in [1.54, 1.807) is 12.5 Å². The number of pyridine rings is 1. The topological polar surface area (TPSA) is 61.3 Å². The third-order valence-corrected chi connectivity index (χ3v) is 5.38. The summed E-state index contributed by atoms with van der Waals surface area (Å²) < 4.78 is 10.5. The predicted octanol–water partition coefficient (Wildman–Crippen LogP) is 5.38. The Morgan fingerprint density at radius 3 is 2.68 bits per heavy atom. The van der Waals surface area contributed by atoms with Crippen LogP contribution in [0.1, 0.15) is 16.1 Å². The third-order valence-electron chi connectivity index (χ3n) is 4.16. The average molecular weight is 411 g/mol. The molecule has 2 heterocycles. The molecule has 0 amide bonds. The Hall–Kier alpha value is -2.96. The lowest BCUT2D eigenvalue weighted by atomic mass is 10.2. The molecule has 2 aromatic carbocycles. The monoisotopic (exact) mass is 410 g/mol. The molecule has 0 saturated heterocycles. The van der Waals surface area contributed by atoms with Gasteiger partial charge in [-0.15, -0.1) is 11.3 Å². The zero-order valence-electron chi connectivity index (χ0n) is 14.9. The van der Waals surface area contributed by atoms with Gasteiger partial charge in [0.05, 0.1) is 12.6 Å². The van der Waals surface area contributed by atoms with Crippen LogP contribution in [0.2, 0.25) is 5.15 Å². The Morgan fingerprint density at radius 2 is 1.89 bits per heavy atom. The van der Waals surface area contributed by atoms with Crippen LogP contribution in [0.15, 0.2) is 60.0 Å². The minimum absolute atomic E-state index is 0.0326. The van der Waals surface area contributed by atoms with E-state index >= 15 is 0 Å². The van der Waals surface area contributed by atoms with Crippen LogP contribution >= 0.6 is 22.9 Å². The van der Waals surface area contributed by atoms with E-state index in [9.17, 15) is 4.79 Å². The molecular formula is C21H15ClN2O3S. The van der Waals surface area contributed by atoms with Crippen LogP contribution in [0.4, 0.5) is 0 Å². The molecule has 5 nitrogen and oxygen atoms in total. The van der Waals surface area contributed by atoms with Gasteiger partial charge in [0.25, 0.3) is 0 Å². The summed E-state index contributed by atoms with van der Waals surface area (Å²) in [5.74, 6) is 0.265. The second kappa shape index (κ2) is 7.96. The van der Waals surface area contributed by atoms with Gasteiger partial charge in [-0.05, 0) is 36.4 Å².